The Bertz CT molecular complexity index is 3000. The second-order valence-electron chi connectivity index (χ2n) is 15.0. The molecule has 0 saturated heterocycles. The molecule has 0 aliphatic carbocycles. The van der Waals surface area contributed by atoms with Gasteiger partial charge in [-0.15, -0.1) is 0 Å². The highest BCUT2D eigenvalue weighted by Gasteiger charge is 2.16. The molecule has 10 aromatic carbocycles. The molecule has 1 nitrogen and oxygen atoms in total. The van der Waals surface area contributed by atoms with Gasteiger partial charge >= 0.3 is 0 Å². The molecular formula is C58H41N. The summed E-state index contributed by atoms with van der Waals surface area (Å²) in [6, 6.07) is 89.8. The van der Waals surface area contributed by atoms with E-state index in [-0.39, 0.29) is 0 Å². The molecule has 0 saturated carbocycles. The van der Waals surface area contributed by atoms with Gasteiger partial charge in [-0.25, -0.2) is 0 Å². The molecule has 0 unspecified atom stereocenters. The smallest absolute Gasteiger partial charge is 0.0467 e. The Morgan fingerprint density at radius 3 is 1.12 bits per heavy atom. The molecule has 278 valence electrons. The minimum Gasteiger partial charge on any atom is -0.310 e. The van der Waals surface area contributed by atoms with Crippen LogP contribution in [0.5, 0.6) is 0 Å². The molecular weight excluding hydrogens is 711 g/mol. The molecule has 0 N–H and O–H groups in total. The van der Waals surface area contributed by atoms with E-state index in [0.29, 0.717) is 0 Å². The highest BCUT2D eigenvalue weighted by atomic mass is 15.1. The molecule has 0 atom stereocenters. The lowest BCUT2D eigenvalue weighted by atomic mass is 9.95. The van der Waals surface area contributed by atoms with Crippen LogP contribution in [0.4, 0.5) is 17.1 Å². The zero-order valence-electron chi connectivity index (χ0n) is 32.6. The van der Waals surface area contributed by atoms with Gasteiger partial charge in [-0.3, -0.25) is 0 Å². The summed E-state index contributed by atoms with van der Waals surface area (Å²) in [6.45, 7) is 0. The lowest BCUT2D eigenvalue weighted by Crippen LogP contribution is -2.10. The maximum absolute atomic E-state index is 2.38. The summed E-state index contributed by atoms with van der Waals surface area (Å²) in [5, 5.41) is 2.51. The number of hydrogen-bond donors (Lipinski definition) is 0. The molecule has 0 aromatic heterocycles. The maximum Gasteiger partial charge on any atom is 0.0467 e. The largest absolute Gasteiger partial charge is 0.310 e. The first-order valence-corrected chi connectivity index (χ1v) is 20.2. The highest BCUT2D eigenvalue weighted by Crippen LogP contribution is 2.40. The topological polar surface area (TPSA) is 3.24 Å². The van der Waals surface area contributed by atoms with E-state index in [2.05, 4.69) is 254 Å². The minimum atomic E-state index is 1.09. The third-order valence-corrected chi connectivity index (χ3v) is 11.3. The van der Waals surface area contributed by atoms with Gasteiger partial charge in [0.05, 0.1) is 0 Å². The maximum atomic E-state index is 2.38. The van der Waals surface area contributed by atoms with E-state index >= 15 is 0 Å². The summed E-state index contributed by atoms with van der Waals surface area (Å²) in [4.78, 5) is 2.38. The second-order valence-corrected chi connectivity index (χ2v) is 15.0. The Kier molecular flexibility index (Phi) is 9.68. The summed E-state index contributed by atoms with van der Waals surface area (Å²) in [7, 11) is 0. The number of nitrogens with zero attached hydrogens (tertiary/aromatic N) is 1. The Morgan fingerprint density at radius 2 is 0.559 bits per heavy atom. The average molecular weight is 752 g/mol. The van der Waals surface area contributed by atoms with Crippen molar-refractivity contribution < 1.29 is 0 Å². The highest BCUT2D eigenvalue weighted by molar-refractivity contribution is 5.97. The van der Waals surface area contributed by atoms with Crippen molar-refractivity contribution in [3.63, 3.8) is 0 Å². The van der Waals surface area contributed by atoms with Gasteiger partial charge in [0, 0.05) is 17.1 Å². The number of hydrogen-bond acceptors (Lipinski definition) is 1. The fraction of sp³-hybridized carbons (Fsp3) is 0. The fourth-order valence-electron chi connectivity index (χ4n) is 8.21. The second kappa shape index (κ2) is 16.0. The van der Waals surface area contributed by atoms with E-state index in [1.807, 2.05) is 0 Å². The Hall–Kier alpha value is -7.74. The fourth-order valence-corrected chi connectivity index (χ4v) is 8.21. The van der Waals surface area contributed by atoms with E-state index in [1.54, 1.807) is 0 Å². The number of rotatable bonds is 9. The van der Waals surface area contributed by atoms with Crippen molar-refractivity contribution in [3.05, 3.63) is 249 Å². The molecule has 0 bridgehead atoms. The van der Waals surface area contributed by atoms with Crippen LogP contribution in [0.15, 0.2) is 249 Å². The van der Waals surface area contributed by atoms with E-state index in [4.69, 9.17) is 0 Å². The molecule has 0 aliphatic rings. The van der Waals surface area contributed by atoms with Crippen LogP contribution in [0.2, 0.25) is 0 Å². The van der Waals surface area contributed by atoms with Crippen molar-refractivity contribution in [3.8, 4) is 66.8 Å². The predicted molar refractivity (Wildman–Crippen MR) is 251 cm³/mol. The monoisotopic (exact) mass is 751 g/mol. The van der Waals surface area contributed by atoms with Crippen LogP contribution >= 0.6 is 0 Å². The summed E-state index contributed by atoms with van der Waals surface area (Å²) in [5.41, 5.74) is 17.7. The van der Waals surface area contributed by atoms with Gasteiger partial charge < -0.3 is 4.90 Å². The van der Waals surface area contributed by atoms with Crippen molar-refractivity contribution in [2.75, 3.05) is 4.90 Å². The first-order chi connectivity index (χ1) is 29.2. The lowest BCUT2D eigenvalue weighted by molar-refractivity contribution is 1.28. The molecule has 0 heterocycles. The normalized spacial score (nSPS) is 11.1. The summed E-state index contributed by atoms with van der Waals surface area (Å²) >= 11 is 0. The van der Waals surface area contributed by atoms with Gasteiger partial charge in [0.1, 0.15) is 0 Å². The van der Waals surface area contributed by atoms with Crippen LogP contribution in [0.3, 0.4) is 0 Å². The third kappa shape index (κ3) is 7.46. The van der Waals surface area contributed by atoms with Crippen molar-refractivity contribution in [1.82, 2.24) is 0 Å². The summed E-state index contributed by atoms with van der Waals surface area (Å²) in [5.74, 6) is 0. The molecule has 10 rings (SSSR count). The summed E-state index contributed by atoms with van der Waals surface area (Å²) in [6.07, 6.45) is 0. The van der Waals surface area contributed by atoms with Crippen LogP contribution in [0, 0.1) is 0 Å². The average Bonchev–Trinajstić information content (AvgIpc) is 3.33. The van der Waals surface area contributed by atoms with Crippen LogP contribution in [-0.2, 0) is 0 Å². The van der Waals surface area contributed by atoms with Crippen LogP contribution in [-0.4, -0.2) is 0 Å². The van der Waals surface area contributed by atoms with Gasteiger partial charge in [0.2, 0.25) is 0 Å². The predicted octanol–water partition coefficient (Wildman–Crippen LogP) is 16.3. The summed E-state index contributed by atoms with van der Waals surface area (Å²) < 4.78 is 0. The lowest BCUT2D eigenvalue weighted by Gasteiger charge is -2.27. The van der Waals surface area contributed by atoms with Gasteiger partial charge in [0.25, 0.3) is 0 Å². The Balaban J connectivity index is 1.03. The van der Waals surface area contributed by atoms with Gasteiger partial charge in [-0.1, -0.05) is 206 Å². The van der Waals surface area contributed by atoms with Crippen LogP contribution in [0.25, 0.3) is 77.5 Å². The van der Waals surface area contributed by atoms with Crippen molar-refractivity contribution >= 4 is 27.8 Å². The Labute approximate surface area is 346 Å². The number of fused-ring (bicyclic) bond motifs is 1. The molecule has 0 radical (unpaired) electrons. The van der Waals surface area contributed by atoms with Crippen molar-refractivity contribution in [2.24, 2.45) is 0 Å². The van der Waals surface area contributed by atoms with E-state index < -0.39 is 0 Å². The van der Waals surface area contributed by atoms with Gasteiger partial charge in [-0.2, -0.15) is 0 Å². The number of benzene rings is 10. The molecule has 0 aliphatic heterocycles. The van der Waals surface area contributed by atoms with Gasteiger partial charge in [-0.05, 0) is 120 Å². The molecule has 0 spiro atoms. The minimum absolute atomic E-state index is 1.09. The van der Waals surface area contributed by atoms with Crippen molar-refractivity contribution in [1.29, 1.82) is 0 Å². The third-order valence-electron chi connectivity index (χ3n) is 11.3. The first kappa shape index (κ1) is 35.7. The first-order valence-electron chi connectivity index (χ1n) is 20.2. The van der Waals surface area contributed by atoms with E-state index in [0.717, 1.165) is 22.6 Å². The van der Waals surface area contributed by atoms with Gasteiger partial charge in [0.15, 0.2) is 0 Å². The van der Waals surface area contributed by atoms with Crippen molar-refractivity contribution in [2.45, 2.75) is 0 Å². The molecule has 1 heteroatoms. The van der Waals surface area contributed by atoms with Crippen LogP contribution in [0.1, 0.15) is 0 Å². The zero-order valence-corrected chi connectivity index (χ0v) is 32.6. The number of anilines is 3. The quantitative estimate of drug-likeness (QED) is 0.142. The molecule has 0 amide bonds. The standard InChI is InChI=1S/C58H41N/c1-3-13-42(14-4-1)44-27-29-46(30-28-44)47-35-37-54(38-36-47)59(55-23-10-20-51(40-55)48-33-31-45(32-34-48)43-15-5-2-6-16-43)56-24-11-21-52(41-56)50-19-9-22-53(39-50)58-26-12-18-49-17-7-8-25-57(49)58/h1-41H. The molecule has 10 aromatic rings. The molecule has 59 heavy (non-hydrogen) atoms. The van der Waals surface area contributed by atoms with Crippen LogP contribution < -0.4 is 4.90 Å². The Morgan fingerprint density at radius 1 is 0.203 bits per heavy atom. The molecule has 0 fully saturated rings. The SMILES string of the molecule is c1ccc(-c2ccc(-c3ccc(N(c4cccc(-c5ccc(-c6ccccc6)cc5)c4)c4cccc(-c5cccc(-c6cccc7ccccc67)c5)c4)cc3)cc2)cc1. The zero-order chi connectivity index (χ0) is 39.4. The van der Waals surface area contributed by atoms with E-state index in [1.165, 1.54) is 72.0 Å². The van der Waals surface area contributed by atoms with E-state index in [9.17, 15) is 0 Å².